The van der Waals surface area contributed by atoms with Crippen LogP contribution in [-0.2, 0) is 4.79 Å². The van der Waals surface area contributed by atoms with Crippen LogP contribution in [0, 0.1) is 5.82 Å². The fraction of sp³-hybridized carbons (Fsp3) is 0.238. The lowest BCUT2D eigenvalue weighted by molar-refractivity contribution is -0.118. The molecule has 154 valence electrons. The maximum atomic E-state index is 14.1. The number of carbonyl (C=O) groups is 1. The fourth-order valence-corrected chi connectivity index (χ4v) is 4.16. The van der Waals surface area contributed by atoms with E-state index >= 15 is 0 Å². The molecule has 1 amide bonds. The average molecular weight is 443 g/mol. The standard InChI is InChI=1S/C21H19FN4O2S2/c1-4-30-21-23-19-18(24-25-21)16-11-14(22)7-10-17(16)26(12(2)27)20(28-19)13-5-8-15(29-3)9-6-13/h5-11,20H,4H2,1-3H3/t20-/m1/s1. The third kappa shape index (κ3) is 3.87. The highest BCUT2D eigenvalue weighted by Gasteiger charge is 2.34. The molecule has 6 nitrogen and oxygen atoms in total. The first-order valence-electron chi connectivity index (χ1n) is 9.29. The van der Waals surface area contributed by atoms with Crippen LogP contribution in [-0.4, -0.2) is 33.1 Å². The quantitative estimate of drug-likeness (QED) is 0.529. The predicted octanol–water partition coefficient (Wildman–Crippen LogP) is 4.96. The second-order valence-corrected chi connectivity index (χ2v) is 8.59. The molecule has 1 atom stereocenters. The Bertz CT molecular complexity index is 1090. The van der Waals surface area contributed by atoms with E-state index in [1.165, 1.54) is 35.7 Å². The molecule has 0 radical (unpaired) electrons. The van der Waals surface area contributed by atoms with Gasteiger partial charge in [-0.1, -0.05) is 30.8 Å². The zero-order valence-electron chi connectivity index (χ0n) is 16.6. The van der Waals surface area contributed by atoms with Crippen molar-refractivity contribution in [3.05, 3.63) is 53.8 Å². The number of benzene rings is 2. The molecule has 0 unspecified atom stereocenters. The van der Waals surface area contributed by atoms with Crippen LogP contribution >= 0.6 is 23.5 Å². The zero-order chi connectivity index (χ0) is 21.3. The molecule has 0 fully saturated rings. The Morgan fingerprint density at radius 2 is 1.97 bits per heavy atom. The monoisotopic (exact) mass is 442 g/mol. The number of halogens is 1. The number of rotatable bonds is 4. The van der Waals surface area contributed by atoms with Gasteiger partial charge in [-0.3, -0.25) is 9.69 Å². The molecule has 9 heteroatoms. The zero-order valence-corrected chi connectivity index (χ0v) is 18.3. The number of anilines is 1. The maximum Gasteiger partial charge on any atom is 0.247 e. The van der Waals surface area contributed by atoms with Gasteiger partial charge in [-0.05, 0) is 42.3 Å². The van der Waals surface area contributed by atoms with Crippen molar-refractivity contribution < 1.29 is 13.9 Å². The summed E-state index contributed by atoms with van der Waals surface area (Å²) >= 11 is 3.05. The number of amides is 1. The lowest BCUT2D eigenvalue weighted by atomic mass is 10.1. The molecule has 1 aliphatic heterocycles. The molecule has 1 aromatic heterocycles. The highest BCUT2D eigenvalue weighted by atomic mass is 32.2. The first-order chi connectivity index (χ1) is 14.5. The number of carbonyl (C=O) groups excluding carboxylic acids is 1. The Morgan fingerprint density at radius 1 is 1.20 bits per heavy atom. The van der Waals surface area contributed by atoms with Crippen molar-refractivity contribution in [3.63, 3.8) is 0 Å². The van der Waals surface area contributed by atoms with Crippen molar-refractivity contribution >= 4 is 35.1 Å². The Labute approximate surface area is 182 Å². The van der Waals surface area contributed by atoms with E-state index in [0.717, 1.165) is 16.2 Å². The molecule has 30 heavy (non-hydrogen) atoms. The summed E-state index contributed by atoms with van der Waals surface area (Å²) in [6.45, 7) is 3.44. The van der Waals surface area contributed by atoms with Gasteiger partial charge in [-0.2, -0.15) is 4.98 Å². The molecule has 0 aliphatic carbocycles. The van der Waals surface area contributed by atoms with Crippen LogP contribution in [0.3, 0.4) is 0 Å². The SMILES string of the molecule is CCSc1nnc2c(n1)O[C@H](c1ccc(SC)cc1)N(C(C)=O)c1ccc(F)cc1-2. The fourth-order valence-electron chi connectivity index (χ4n) is 3.25. The van der Waals surface area contributed by atoms with E-state index in [1.807, 2.05) is 37.4 Å². The van der Waals surface area contributed by atoms with E-state index in [0.29, 0.717) is 22.1 Å². The first-order valence-corrected chi connectivity index (χ1v) is 11.5. The summed E-state index contributed by atoms with van der Waals surface area (Å²) in [5.74, 6) is 0.297. The second-order valence-electron chi connectivity index (χ2n) is 6.48. The summed E-state index contributed by atoms with van der Waals surface area (Å²) in [4.78, 5) is 19.8. The van der Waals surface area contributed by atoms with Gasteiger partial charge in [0.25, 0.3) is 0 Å². The number of thioether (sulfide) groups is 2. The Kier molecular flexibility index (Phi) is 5.92. The maximum absolute atomic E-state index is 14.1. The van der Waals surface area contributed by atoms with Crippen LogP contribution in [0.15, 0.2) is 52.5 Å². The van der Waals surface area contributed by atoms with Gasteiger partial charge in [0, 0.05) is 22.9 Å². The third-order valence-electron chi connectivity index (χ3n) is 4.58. The molecule has 0 bridgehead atoms. The van der Waals surface area contributed by atoms with Crippen LogP contribution in [0.4, 0.5) is 10.1 Å². The Morgan fingerprint density at radius 3 is 2.63 bits per heavy atom. The molecule has 2 aromatic carbocycles. The molecule has 4 rings (SSSR count). The van der Waals surface area contributed by atoms with Crippen molar-refractivity contribution in [1.29, 1.82) is 0 Å². The summed E-state index contributed by atoms with van der Waals surface area (Å²) in [6.07, 6.45) is 1.22. The minimum absolute atomic E-state index is 0.218. The first kappa shape index (κ1) is 20.6. The lowest BCUT2D eigenvalue weighted by Crippen LogP contribution is -2.36. The van der Waals surface area contributed by atoms with Gasteiger partial charge < -0.3 is 4.74 Å². The number of nitrogens with zero attached hydrogens (tertiary/aromatic N) is 4. The van der Waals surface area contributed by atoms with Gasteiger partial charge in [-0.25, -0.2) is 4.39 Å². The van der Waals surface area contributed by atoms with Gasteiger partial charge in [0.2, 0.25) is 23.2 Å². The van der Waals surface area contributed by atoms with E-state index in [2.05, 4.69) is 15.2 Å². The van der Waals surface area contributed by atoms with Crippen LogP contribution in [0.5, 0.6) is 5.88 Å². The predicted molar refractivity (Wildman–Crippen MR) is 116 cm³/mol. The third-order valence-corrected chi connectivity index (χ3v) is 6.04. The van der Waals surface area contributed by atoms with Crippen LogP contribution < -0.4 is 9.64 Å². The summed E-state index contributed by atoms with van der Waals surface area (Å²) in [5.41, 5.74) is 1.99. The average Bonchev–Trinajstić information content (AvgIpc) is 2.88. The minimum Gasteiger partial charge on any atom is -0.447 e. The van der Waals surface area contributed by atoms with E-state index < -0.39 is 12.0 Å². The smallest absolute Gasteiger partial charge is 0.247 e. The summed E-state index contributed by atoms with van der Waals surface area (Å²) < 4.78 is 20.4. The topological polar surface area (TPSA) is 68.2 Å². The van der Waals surface area contributed by atoms with Gasteiger partial charge in [0.1, 0.15) is 5.82 Å². The molecule has 0 N–H and O–H groups in total. The molecule has 3 aromatic rings. The minimum atomic E-state index is -0.778. The second kappa shape index (κ2) is 8.61. The number of ether oxygens (including phenoxy) is 1. The van der Waals surface area contributed by atoms with Crippen molar-refractivity contribution in [1.82, 2.24) is 15.2 Å². The highest BCUT2D eigenvalue weighted by Crippen LogP contribution is 2.43. The molecular formula is C21H19FN4O2S2. The van der Waals surface area contributed by atoms with Crippen LogP contribution in [0.2, 0.25) is 0 Å². The van der Waals surface area contributed by atoms with Crippen LogP contribution in [0.1, 0.15) is 25.6 Å². The Hall–Kier alpha value is -2.65. The van der Waals surface area contributed by atoms with Gasteiger partial charge in [0.05, 0.1) is 5.69 Å². The summed E-state index contributed by atoms with van der Waals surface area (Å²) in [6, 6.07) is 12.0. The van der Waals surface area contributed by atoms with E-state index in [4.69, 9.17) is 4.74 Å². The largest absolute Gasteiger partial charge is 0.447 e. The van der Waals surface area contributed by atoms with Gasteiger partial charge >= 0.3 is 0 Å². The van der Waals surface area contributed by atoms with E-state index in [-0.39, 0.29) is 11.8 Å². The molecule has 0 spiro atoms. The number of aromatic nitrogens is 3. The Balaban J connectivity index is 1.93. The number of hydrogen-bond acceptors (Lipinski definition) is 7. The molecule has 0 saturated carbocycles. The molecule has 2 heterocycles. The summed E-state index contributed by atoms with van der Waals surface area (Å²) in [5, 5.41) is 8.86. The van der Waals surface area contributed by atoms with E-state index in [1.54, 1.807) is 17.8 Å². The highest BCUT2D eigenvalue weighted by molar-refractivity contribution is 7.99. The van der Waals surface area contributed by atoms with Gasteiger partial charge in [-0.15, -0.1) is 22.0 Å². The number of fused-ring (bicyclic) bond motifs is 3. The molecular weight excluding hydrogens is 423 g/mol. The van der Waals surface area contributed by atoms with E-state index in [9.17, 15) is 9.18 Å². The number of hydrogen-bond donors (Lipinski definition) is 0. The van der Waals surface area contributed by atoms with Crippen molar-refractivity contribution in [2.75, 3.05) is 16.9 Å². The lowest BCUT2D eigenvalue weighted by Gasteiger charge is -2.30. The van der Waals surface area contributed by atoms with Crippen molar-refractivity contribution in [2.45, 2.75) is 30.1 Å². The normalized spacial score (nSPS) is 15.1. The summed E-state index contributed by atoms with van der Waals surface area (Å²) in [7, 11) is 0. The van der Waals surface area contributed by atoms with Gasteiger partial charge in [0.15, 0.2) is 5.69 Å². The molecule has 0 saturated heterocycles. The van der Waals surface area contributed by atoms with Crippen molar-refractivity contribution in [2.24, 2.45) is 0 Å². The van der Waals surface area contributed by atoms with Crippen LogP contribution in [0.25, 0.3) is 11.3 Å². The van der Waals surface area contributed by atoms with Crippen molar-refractivity contribution in [3.8, 4) is 17.1 Å². The molecule has 1 aliphatic rings.